The van der Waals surface area contributed by atoms with E-state index in [1.165, 1.54) is 12.1 Å². The standard InChI is InChI=1S/C13H15Cl3N2O3S/c1-18(9-2-3-22(20,21)7-9)6-12(19)17-13-10(15)4-8(14)5-11(13)16/h4-5,9H,2-3,6-7H2,1H3,(H,17,19). The van der Waals surface area contributed by atoms with Crippen LogP contribution in [0, 0.1) is 0 Å². The van der Waals surface area contributed by atoms with Crippen molar-refractivity contribution in [2.75, 3.05) is 30.4 Å². The van der Waals surface area contributed by atoms with E-state index in [-0.39, 0.29) is 40.0 Å². The Kier molecular flexibility index (Phi) is 5.61. The van der Waals surface area contributed by atoms with Gasteiger partial charge in [-0.15, -0.1) is 0 Å². The van der Waals surface area contributed by atoms with Crippen LogP contribution in [0.4, 0.5) is 5.69 Å². The molecular formula is C13H15Cl3N2O3S. The molecule has 1 aliphatic heterocycles. The first-order valence-corrected chi connectivity index (χ1v) is 9.48. The molecule has 0 saturated carbocycles. The molecule has 22 heavy (non-hydrogen) atoms. The van der Waals surface area contributed by atoms with Gasteiger partial charge in [-0.2, -0.15) is 0 Å². The summed E-state index contributed by atoms with van der Waals surface area (Å²) >= 11 is 17.8. The number of hydrogen-bond donors (Lipinski definition) is 1. The maximum absolute atomic E-state index is 12.1. The van der Waals surface area contributed by atoms with Crippen molar-refractivity contribution in [3.63, 3.8) is 0 Å². The van der Waals surface area contributed by atoms with Crippen molar-refractivity contribution in [1.29, 1.82) is 0 Å². The van der Waals surface area contributed by atoms with Gasteiger partial charge in [-0.05, 0) is 25.6 Å². The number of carbonyl (C=O) groups is 1. The SMILES string of the molecule is CN(CC(=O)Nc1c(Cl)cc(Cl)cc1Cl)C1CCS(=O)(=O)C1. The molecule has 9 heteroatoms. The van der Waals surface area contributed by atoms with Crippen molar-refractivity contribution >= 4 is 56.2 Å². The van der Waals surface area contributed by atoms with Crippen molar-refractivity contribution in [3.8, 4) is 0 Å². The van der Waals surface area contributed by atoms with Crippen molar-refractivity contribution in [2.45, 2.75) is 12.5 Å². The van der Waals surface area contributed by atoms with Gasteiger partial charge in [0.25, 0.3) is 0 Å². The lowest BCUT2D eigenvalue weighted by Gasteiger charge is -2.22. The molecule has 0 aliphatic carbocycles. The maximum atomic E-state index is 12.1. The second kappa shape index (κ2) is 6.93. The molecule has 1 aromatic carbocycles. The Labute approximate surface area is 144 Å². The predicted molar refractivity (Wildman–Crippen MR) is 89.8 cm³/mol. The van der Waals surface area contributed by atoms with E-state index < -0.39 is 9.84 Å². The minimum atomic E-state index is -2.98. The lowest BCUT2D eigenvalue weighted by Crippen LogP contribution is -2.38. The van der Waals surface area contributed by atoms with E-state index in [2.05, 4.69) is 5.32 Å². The molecule has 2 rings (SSSR count). The van der Waals surface area contributed by atoms with Crippen LogP contribution in [0.2, 0.25) is 15.1 Å². The lowest BCUT2D eigenvalue weighted by atomic mass is 10.2. The van der Waals surface area contributed by atoms with Crippen LogP contribution in [0.5, 0.6) is 0 Å². The summed E-state index contributed by atoms with van der Waals surface area (Å²) in [5, 5.41) is 3.50. The minimum absolute atomic E-state index is 0.0511. The van der Waals surface area contributed by atoms with Crippen LogP contribution < -0.4 is 5.32 Å². The summed E-state index contributed by atoms with van der Waals surface area (Å²) in [4.78, 5) is 13.8. The number of benzene rings is 1. The van der Waals surface area contributed by atoms with Crippen molar-refractivity contribution < 1.29 is 13.2 Å². The third-order valence-corrected chi connectivity index (χ3v) is 6.06. The Balaban J connectivity index is 1.99. The van der Waals surface area contributed by atoms with Crippen LogP contribution >= 0.6 is 34.8 Å². The molecule has 1 aliphatic rings. The third kappa shape index (κ3) is 4.49. The van der Waals surface area contributed by atoms with Crippen LogP contribution in [-0.2, 0) is 14.6 Å². The Morgan fingerprint density at radius 3 is 2.41 bits per heavy atom. The Bertz CT molecular complexity index is 671. The average molecular weight is 386 g/mol. The molecule has 1 heterocycles. The first kappa shape index (κ1) is 17.8. The van der Waals surface area contributed by atoms with E-state index in [9.17, 15) is 13.2 Å². The number of amides is 1. The minimum Gasteiger partial charge on any atom is -0.322 e. The number of anilines is 1. The largest absolute Gasteiger partial charge is 0.322 e. The highest BCUT2D eigenvalue weighted by Gasteiger charge is 2.31. The smallest absolute Gasteiger partial charge is 0.238 e. The molecular weight excluding hydrogens is 371 g/mol. The van der Waals surface area contributed by atoms with Gasteiger partial charge in [0.15, 0.2) is 9.84 Å². The van der Waals surface area contributed by atoms with Gasteiger partial charge in [0, 0.05) is 11.1 Å². The van der Waals surface area contributed by atoms with Gasteiger partial charge in [0.1, 0.15) is 0 Å². The molecule has 5 nitrogen and oxygen atoms in total. The highest BCUT2D eigenvalue weighted by Crippen LogP contribution is 2.33. The monoisotopic (exact) mass is 384 g/mol. The summed E-state index contributed by atoms with van der Waals surface area (Å²) in [6.07, 6.45) is 0.536. The second-order valence-electron chi connectivity index (χ2n) is 5.26. The number of sulfone groups is 1. The topological polar surface area (TPSA) is 66.5 Å². The Hall–Kier alpha value is -0.530. The molecule has 1 saturated heterocycles. The van der Waals surface area contributed by atoms with E-state index in [0.29, 0.717) is 17.1 Å². The number of rotatable bonds is 4. The van der Waals surface area contributed by atoms with Gasteiger partial charge < -0.3 is 5.32 Å². The first-order chi connectivity index (χ1) is 10.2. The number of likely N-dealkylation sites (N-methyl/N-ethyl adjacent to an activating group) is 1. The number of hydrogen-bond acceptors (Lipinski definition) is 4. The van der Waals surface area contributed by atoms with E-state index in [1.54, 1.807) is 11.9 Å². The molecule has 1 unspecified atom stereocenters. The van der Waals surface area contributed by atoms with E-state index in [4.69, 9.17) is 34.8 Å². The molecule has 0 bridgehead atoms. The highest BCUT2D eigenvalue weighted by atomic mass is 35.5. The van der Waals surface area contributed by atoms with Crippen LogP contribution in [0.1, 0.15) is 6.42 Å². The molecule has 1 N–H and O–H groups in total. The molecule has 1 amide bonds. The average Bonchev–Trinajstić information content (AvgIpc) is 2.74. The fraction of sp³-hybridized carbons (Fsp3) is 0.462. The van der Waals surface area contributed by atoms with Crippen LogP contribution in [0.3, 0.4) is 0 Å². The van der Waals surface area contributed by atoms with E-state index >= 15 is 0 Å². The molecule has 122 valence electrons. The summed E-state index contributed by atoms with van der Waals surface area (Å²) in [5.74, 6) is -0.0736. The van der Waals surface area contributed by atoms with Gasteiger partial charge >= 0.3 is 0 Å². The number of halogens is 3. The van der Waals surface area contributed by atoms with Crippen LogP contribution in [-0.4, -0.2) is 50.4 Å². The van der Waals surface area contributed by atoms with Gasteiger partial charge in [0.05, 0.1) is 33.8 Å². The zero-order chi connectivity index (χ0) is 16.5. The maximum Gasteiger partial charge on any atom is 0.238 e. The third-order valence-electron chi connectivity index (χ3n) is 3.50. The van der Waals surface area contributed by atoms with Gasteiger partial charge in [0.2, 0.25) is 5.91 Å². The summed E-state index contributed by atoms with van der Waals surface area (Å²) < 4.78 is 22.9. The second-order valence-corrected chi connectivity index (χ2v) is 8.74. The summed E-state index contributed by atoms with van der Waals surface area (Å²) in [6.45, 7) is 0.0511. The zero-order valence-corrected chi connectivity index (χ0v) is 14.9. The van der Waals surface area contributed by atoms with Gasteiger partial charge in [-0.3, -0.25) is 9.69 Å². The van der Waals surface area contributed by atoms with Crippen molar-refractivity contribution in [2.24, 2.45) is 0 Å². The molecule has 0 spiro atoms. The highest BCUT2D eigenvalue weighted by molar-refractivity contribution is 7.91. The number of carbonyl (C=O) groups excluding carboxylic acids is 1. The van der Waals surface area contributed by atoms with Gasteiger partial charge in [-0.25, -0.2) is 8.42 Å². The molecule has 1 fully saturated rings. The predicted octanol–water partition coefficient (Wildman–Crippen LogP) is 2.70. The summed E-state index contributed by atoms with van der Waals surface area (Å²) in [6, 6.07) is 2.82. The number of nitrogens with zero attached hydrogens (tertiary/aromatic N) is 1. The lowest BCUT2D eigenvalue weighted by molar-refractivity contribution is -0.117. The van der Waals surface area contributed by atoms with Crippen LogP contribution in [0.15, 0.2) is 12.1 Å². The van der Waals surface area contributed by atoms with Crippen molar-refractivity contribution in [1.82, 2.24) is 4.90 Å². The normalized spacial score (nSPS) is 20.3. The molecule has 1 atom stereocenters. The quantitative estimate of drug-likeness (QED) is 0.865. The molecule has 0 aromatic heterocycles. The first-order valence-electron chi connectivity index (χ1n) is 6.53. The van der Waals surface area contributed by atoms with E-state index in [1.807, 2.05) is 0 Å². The molecule has 0 radical (unpaired) electrons. The number of nitrogens with one attached hydrogen (secondary N) is 1. The van der Waals surface area contributed by atoms with Gasteiger partial charge in [-0.1, -0.05) is 34.8 Å². The summed E-state index contributed by atoms with van der Waals surface area (Å²) in [7, 11) is -1.27. The Morgan fingerprint density at radius 1 is 1.32 bits per heavy atom. The van der Waals surface area contributed by atoms with E-state index in [0.717, 1.165) is 0 Å². The Morgan fingerprint density at radius 2 is 1.91 bits per heavy atom. The van der Waals surface area contributed by atoms with Crippen molar-refractivity contribution in [3.05, 3.63) is 27.2 Å². The van der Waals surface area contributed by atoms with Crippen LogP contribution in [0.25, 0.3) is 0 Å². The zero-order valence-electron chi connectivity index (χ0n) is 11.8. The fourth-order valence-electron chi connectivity index (χ4n) is 2.32. The summed E-state index contributed by atoms with van der Waals surface area (Å²) in [5.41, 5.74) is 0.296. The fourth-order valence-corrected chi connectivity index (χ4v) is 5.04. The molecule has 1 aromatic rings.